The van der Waals surface area contributed by atoms with Crippen LogP contribution < -0.4 is 114 Å². The Morgan fingerprint density at radius 3 is 0.958 bits per heavy atom. The number of pyridine rings is 2. The third kappa shape index (κ3) is 19.8. The van der Waals surface area contributed by atoms with Gasteiger partial charge in [-0.1, -0.05) is 88.9 Å². The molecular weight excluding hydrogens is 1870 g/mol. The maximum Gasteiger partial charge on any atom is 0.264 e. The third-order valence-corrected chi connectivity index (χ3v) is 32.9. The fraction of sp³-hybridized carbons (Fsp3) is 0.525. The Bertz CT molecular complexity index is 6480. The number of aryl methyl sites for hydroxylation is 2. The molecule has 0 aliphatic carbocycles. The smallest absolute Gasteiger partial charge is 0.264 e. The summed E-state index contributed by atoms with van der Waals surface area (Å²) in [5.41, 5.74) is 69.2. The number of halogens is 3. The van der Waals surface area contributed by atoms with Gasteiger partial charge in [-0.15, -0.1) is 0 Å². The van der Waals surface area contributed by atoms with Crippen LogP contribution in [0.2, 0.25) is 15.2 Å². The predicted octanol–water partition coefficient (Wildman–Crippen LogP) is 8.19. The van der Waals surface area contributed by atoms with Gasteiger partial charge in [-0.3, -0.25) is 51.8 Å². The van der Waals surface area contributed by atoms with Crippen molar-refractivity contribution in [3.63, 3.8) is 0 Å². The molecule has 10 atom stereocenters. The Morgan fingerprint density at radius 2 is 0.648 bits per heavy atom. The van der Waals surface area contributed by atoms with Crippen LogP contribution in [0.25, 0.3) is 55.6 Å². The number of aromatic nitrogens is 12. The minimum absolute atomic E-state index is 0.00538. The molecule has 10 aromatic rings. The SMILES string of the molecule is COc1ccccc1-c1c(N)nc(N2CCC3(CC2)CO[C@@H](C)[C@H]3N)n(C)c1=O.C[C@@H]1OCC2(CCN(c3nc(N)c(-c4cc(Cl)ccc4Cl)c(=O)n3C)CC2)[C@@H]1N.C[C@@H]1OCC2(CCN(c3nc(N)c(-c4ccnc(Cl)c4)c(=O)n3C)CC2)[C@@H]1N.Cc1cccc(-c2c(N)nc(N3CCC4(CC3)CO[C@@H](C)[C@H]4N)n(C)c2=O)c1.Cc1ncccc1-c1c(N)nc(N2CCC3(CC2)CO[C@@H](C)[C@H]3N)n(C)c1=O. The molecule has 7 aromatic heterocycles. The summed E-state index contributed by atoms with van der Waals surface area (Å²) in [6.07, 6.45) is 12.7. The molecule has 3 aromatic carbocycles. The predicted molar refractivity (Wildman–Crippen MR) is 560 cm³/mol. The second-order valence-electron chi connectivity index (χ2n) is 40.3. The van der Waals surface area contributed by atoms with E-state index in [1.807, 2.05) is 97.0 Å². The highest BCUT2D eigenvalue weighted by Gasteiger charge is 2.53. The third-order valence-electron chi connectivity index (χ3n) is 32.1. The van der Waals surface area contributed by atoms with Gasteiger partial charge >= 0.3 is 0 Å². The summed E-state index contributed by atoms with van der Waals surface area (Å²) in [7, 11) is 10.2. The molecule has 0 saturated carbocycles. The molecule has 10 saturated heterocycles. The molecule has 0 radical (unpaired) electrons. The summed E-state index contributed by atoms with van der Waals surface area (Å²) in [5, 5.41) is 1.17. The summed E-state index contributed by atoms with van der Waals surface area (Å²) in [5.74, 6) is 4.57. The number of hydrogen-bond donors (Lipinski definition) is 10. The van der Waals surface area contributed by atoms with Gasteiger partial charge in [-0.25, -0.2) is 4.98 Å². The van der Waals surface area contributed by atoms with Crippen LogP contribution in [0.15, 0.2) is 127 Å². The fourth-order valence-corrected chi connectivity index (χ4v) is 23.1. The number of benzene rings is 3. The quantitative estimate of drug-likeness (QED) is 0.0545. The molecule has 762 valence electrons. The van der Waals surface area contributed by atoms with Gasteiger partial charge in [0.15, 0.2) is 0 Å². The molecule has 38 nitrogen and oxygen atoms in total. The molecule has 17 heterocycles. The van der Waals surface area contributed by atoms with Crippen LogP contribution in [0, 0.1) is 40.9 Å². The monoisotopic (exact) mass is 2010 g/mol. The molecule has 0 unspecified atom stereocenters. The first-order valence-corrected chi connectivity index (χ1v) is 49.9. The lowest BCUT2D eigenvalue weighted by molar-refractivity contribution is 0.0972. The Kier molecular flexibility index (Phi) is 30.4. The normalized spacial score (nSPS) is 23.9. The molecule has 0 amide bonds. The summed E-state index contributed by atoms with van der Waals surface area (Å²) in [6, 6.07) is 27.2. The molecular formula is C101H136Cl3N27O11. The molecule has 10 fully saturated rings. The maximum absolute atomic E-state index is 13.2. The number of nitrogens with zero attached hydrogens (tertiary/aromatic N) is 17. The number of methoxy groups -OCH3 is 1. The average Bonchev–Trinajstić information content (AvgIpc) is 1.48. The molecule has 41 heteroatoms. The van der Waals surface area contributed by atoms with Crippen molar-refractivity contribution in [3.05, 3.63) is 182 Å². The van der Waals surface area contributed by atoms with Gasteiger partial charge in [-0.05, 0) is 166 Å². The molecule has 10 aliphatic heterocycles. The second-order valence-corrected chi connectivity index (χ2v) is 41.6. The minimum Gasteiger partial charge on any atom is -0.496 e. The van der Waals surface area contributed by atoms with E-state index in [-0.39, 0.29) is 150 Å². The Balaban J connectivity index is 0.000000128. The largest absolute Gasteiger partial charge is 0.496 e. The van der Waals surface area contributed by atoms with Crippen molar-refractivity contribution in [2.45, 2.75) is 173 Å². The molecule has 20 N–H and O–H groups in total. The Labute approximate surface area is 841 Å². The van der Waals surface area contributed by atoms with E-state index in [1.165, 1.54) is 4.57 Å². The van der Waals surface area contributed by atoms with Crippen LogP contribution in [0.5, 0.6) is 5.75 Å². The minimum atomic E-state index is -0.258. The van der Waals surface area contributed by atoms with E-state index in [4.69, 9.17) is 121 Å². The molecule has 142 heavy (non-hydrogen) atoms. The zero-order valence-electron chi connectivity index (χ0n) is 83.3. The number of rotatable bonds is 11. The first-order chi connectivity index (χ1) is 67.6. The van der Waals surface area contributed by atoms with Crippen LogP contribution in [0.4, 0.5) is 58.8 Å². The highest BCUT2D eigenvalue weighted by Crippen LogP contribution is 2.49. The van der Waals surface area contributed by atoms with Crippen LogP contribution >= 0.6 is 34.8 Å². The zero-order chi connectivity index (χ0) is 102. The second kappa shape index (κ2) is 41.8. The number of para-hydroxylation sites is 1. The summed E-state index contributed by atoms with van der Waals surface area (Å²) >= 11 is 18.3. The highest BCUT2D eigenvalue weighted by atomic mass is 35.5. The number of nitrogen functional groups attached to an aromatic ring is 5. The first kappa shape index (κ1) is 104. The lowest BCUT2D eigenvalue weighted by Gasteiger charge is -2.41. The number of piperidine rings is 5. The fourth-order valence-electron chi connectivity index (χ4n) is 22.5. The topological polar surface area (TPSA) is 532 Å². The van der Waals surface area contributed by atoms with E-state index < -0.39 is 0 Å². The van der Waals surface area contributed by atoms with Gasteiger partial charge < -0.3 is 110 Å². The lowest BCUT2D eigenvalue weighted by Crippen LogP contribution is -2.51. The molecule has 10 aliphatic rings. The van der Waals surface area contributed by atoms with E-state index in [0.717, 1.165) is 152 Å². The van der Waals surface area contributed by atoms with Crippen LogP contribution in [0.3, 0.4) is 0 Å². The number of hydrogen-bond acceptors (Lipinski definition) is 33. The van der Waals surface area contributed by atoms with E-state index in [1.54, 1.807) is 115 Å². The van der Waals surface area contributed by atoms with Crippen LogP contribution in [-0.2, 0) is 58.9 Å². The van der Waals surface area contributed by atoms with Crippen molar-refractivity contribution in [1.82, 2.24) is 57.7 Å². The van der Waals surface area contributed by atoms with Crippen molar-refractivity contribution in [2.24, 2.45) is 91.0 Å². The molecule has 0 bridgehead atoms. The van der Waals surface area contributed by atoms with Gasteiger partial charge in [0.05, 0.1) is 98.5 Å². The molecule has 20 rings (SSSR count). The van der Waals surface area contributed by atoms with Gasteiger partial charge in [-0.2, -0.15) is 24.9 Å². The van der Waals surface area contributed by atoms with Crippen molar-refractivity contribution in [2.75, 3.05) is 159 Å². The van der Waals surface area contributed by atoms with Gasteiger partial charge in [0.25, 0.3) is 27.8 Å². The van der Waals surface area contributed by atoms with E-state index in [0.29, 0.717) is 123 Å². The van der Waals surface area contributed by atoms with Gasteiger partial charge in [0.1, 0.15) is 40.0 Å². The first-order valence-electron chi connectivity index (χ1n) is 48.7. The van der Waals surface area contributed by atoms with Crippen molar-refractivity contribution in [3.8, 4) is 61.4 Å². The van der Waals surface area contributed by atoms with Crippen LogP contribution in [-0.4, -0.2) is 224 Å². The summed E-state index contributed by atoms with van der Waals surface area (Å²) in [4.78, 5) is 107. The van der Waals surface area contributed by atoms with E-state index >= 15 is 0 Å². The highest BCUT2D eigenvalue weighted by molar-refractivity contribution is 6.35. The summed E-state index contributed by atoms with van der Waals surface area (Å²) < 4.78 is 42.2. The Morgan fingerprint density at radius 1 is 0.345 bits per heavy atom. The number of ether oxygens (including phenoxy) is 6. The standard InChI is InChI=1S/C21H29N5O3.C21H29N5O2.C20H25Cl2N5O2.C20H28N6O2.C19H25ClN6O2/c1-13-17(22)21(12-29-13)8-10-26(11-9-21)20-24-18(23)16(19(27)25(20)2)14-6-4-5-7-15(14)28-3;1-13-5-4-6-15(11-13)16-18(23)24-20(25(3)19(16)27)26-9-7-21(8-10-26)12-28-14(2)17(21)22;1-11-16(23)20(10-29-11)5-7-27(8-6-20)19-25-17(24)15(18(28)26(19)2)13-9-12(21)3-4-14(13)22;1-12-14(5-4-8-23-12)15-17(22)24-19(25(3)18(15)27)26-9-6-20(7-10-26)11-28-13(2)16(20)21;1-11-15(21)19(10-28-11)4-7-26(8-5-19)18-24-16(22)14(17(27)25(18)2)12-3-6-23-13(20)9-12/h4-7,13,17H,8-12,22-23H2,1-3H3;4-6,11,14,17H,7-10,12,22-23H2,1-3H3;3-4,9,11,16H,5-8,10,23-24H2,1-2H3;4-5,8,13,16H,6-7,9-11,21-22H2,1-3H3;3,6,9,11,15H,4-5,7-8,10,21-22H2,1-2H3/t13-,17+;14-,17+;11-,16+;13-,16+;11-,15+/m00000/s1. The van der Waals surface area contributed by atoms with Crippen molar-refractivity contribution in [1.29, 1.82) is 0 Å². The van der Waals surface area contributed by atoms with E-state index in [9.17, 15) is 24.0 Å². The van der Waals surface area contributed by atoms with Crippen molar-refractivity contribution < 1.29 is 28.4 Å². The zero-order valence-corrected chi connectivity index (χ0v) is 85.5. The van der Waals surface area contributed by atoms with E-state index in [2.05, 4.69) is 59.4 Å². The maximum atomic E-state index is 13.2. The average molecular weight is 2010 g/mol. The van der Waals surface area contributed by atoms with Crippen molar-refractivity contribution >= 4 is 93.6 Å². The lowest BCUT2D eigenvalue weighted by atomic mass is 9.73. The summed E-state index contributed by atoms with van der Waals surface area (Å²) in [6.45, 7) is 25.1. The number of anilines is 10. The molecule has 5 spiro atoms. The van der Waals surface area contributed by atoms with Gasteiger partial charge in [0, 0.05) is 203 Å². The Hall–Kier alpha value is -11.4. The number of nitrogens with two attached hydrogens (primary N) is 10. The van der Waals surface area contributed by atoms with Gasteiger partial charge in [0.2, 0.25) is 29.7 Å². The van der Waals surface area contributed by atoms with Crippen LogP contribution in [0.1, 0.15) is 110 Å².